The fourth-order valence-electron chi connectivity index (χ4n) is 2.75. The first kappa shape index (κ1) is 18.0. The molecule has 2 heterocycles. The van der Waals surface area contributed by atoms with E-state index in [1.54, 1.807) is 12.3 Å². The van der Waals surface area contributed by atoms with Crippen molar-refractivity contribution in [2.45, 2.75) is 6.61 Å². The first-order valence-electron chi connectivity index (χ1n) is 8.09. The lowest BCUT2D eigenvalue weighted by molar-refractivity contribution is -0.136. The van der Waals surface area contributed by atoms with Crippen molar-refractivity contribution in [1.82, 2.24) is 9.88 Å². The van der Waals surface area contributed by atoms with Crippen LogP contribution in [0.3, 0.4) is 0 Å². The Kier molecular flexibility index (Phi) is 6.13. The summed E-state index contributed by atoms with van der Waals surface area (Å²) in [6.45, 7) is 3.15. The number of carbonyl (C=O) groups is 1. The zero-order valence-corrected chi connectivity index (χ0v) is 15.2. The van der Waals surface area contributed by atoms with Gasteiger partial charge in [-0.2, -0.15) is 0 Å². The molecule has 0 atom stereocenters. The molecule has 0 N–H and O–H groups in total. The van der Waals surface area contributed by atoms with Gasteiger partial charge in [-0.3, -0.25) is 9.78 Å². The molecule has 7 heteroatoms. The Bertz CT molecular complexity index is 720. The molecule has 1 fully saturated rings. The van der Waals surface area contributed by atoms with Gasteiger partial charge in [0.2, 0.25) is 5.91 Å². The van der Waals surface area contributed by atoms with Gasteiger partial charge in [-0.1, -0.05) is 29.3 Å². The molecule has 0 saturated carbocycles. The molecule has 1 amide bonds. The number of piperazine rings is 1. The number of aromatic nitrogens is 1. The Morgan fingerprint density at radius 3 is 2.60 bits per heavy atom. The summed E-state index contributed by atoms with van der Waals surface area (Å²) < 4.78 is 5.48. The van der Waals surface area contributed by atoms with Gasteiger partial charge in [0.25, 0.3) is 0 Å². The average Bonchev–Trinajstić information content (AvgIpc) is 2.63. The molecule has 5 nitrogen and oxygen atoms in total. The topological polar surface area (TPSA) is 45.7 Å². The number of ether oxygens (including phenoxy) is 1. The molecule has 1 aromatic heterocycles. The average molecular weight is 380 g/mol. The Balaban J connectivity index is 1.46. The van der Waals surface area contributed by atoms with Gasteiger partial charge in [-0.05, 0) is 30.3 Å². The molecule has 132 valence electrons. The third-order valence-electron chi connectivity index (χ3n) is 4.08. The van der Waals surface area contributed by atoms with Crippen molar-refractivity contribution in [3.63, 3.8) is 0 Å². The van der Waals surface area contributed by atoms with Gasteiger partial charge < -0.3 is 14.5 Å². The van der Waals surface area contributed by atoms with Gasteiger partial charge in [-0.25, -0.2) is 0 Å². The molecule has 25 heavy (non-hydrogen) atoms. The number of hydrogen-bond acceptors (Lipinski definition) is 4. The Hall–Kier alpha value is -1.82. The quantitative estimate of drug-likeness (QED) is 0.799. The molecular weight excluding hydrogens is 361 g/mol. The third kappa shape index (κ3) is 4.84. The molecule has 0 bridgehead atoms. The Labute approximate surface area is 157 Å². The van der Waals surface area contributed by atoms with E-state index in [0.717, 1.165) is 24.5 Å². The van der Waals surface area contributed by atoms with Gasteiger partial charge in [0.15, 0.2) is 0 Å². The lowest BCUT2D eigenvalue weighted by Gasteiger charge is -2.36. The van der Waals surface area contributed by atoms with Gasteiger partial charge in [0.05, 0.1) is 23.0 Å². The molecular formula is C18H19Cl2N3O2. The van der Waals surface area contributed by atoms with Crippen molar-refractivity contribution < 1.29 is 9.53 Å². The van der Waals surface area contributed by atoms with Crippen molar-refractivity contribution in [1.29, 1.82) is 0 Å². The lowest BCUT2D eigenvalue weighted by atomic mass is 10.2. The number of amides is 1. The van der Waals surface area contributed by atoms with E-state index in [2.05, 4.69) is 9.88 Å². The minimum atomic E-state index is -0.00205. The van der Waals surface area contributed by atoms with E-state index in [4.69, 9.17) is 27.9 Å². The first-order chi connectivity index (χ1) is 12.1. The third-order valence-corrected chi connectivity index (χ3v) is 4.62. The summed E-state index contributed by atoms with van der Waals surface area (Å²) in [5, 5.41) is 1.25. The van der Waals surface area contributed by atoms with Crippen LogP contribution in [0.2, 0.25) is 10.0 Å². The van der Waals surface area contributed by atoms with Gasteiger partial charge in [0.1, 0.15) is 6.61 Å². The molecule has 1 saturated heterocycles. The van der Waals surface area contributed by atoms with Crippen molar-refractivity contribution in [3.05, 3.63) is 58.3 Å². The maximum absolute atomic E-state index is 12.3. The number of benzene rings is 1. The minimum absolute atomic E-state index is 0.00205. The number of anilines is 1. The zero-order chi connectivity index (χ0) is 17.6. The smallest absolute Gasteiger partial charge is 0.248 e. The van der Waals surface area contributed by atoms with Crippen LogP contribution in [0.25, 0.3) is 0 Å². The van der Waals surface area contributed by atoms with E-state index in [0.29, 0.717) is 29.7 Å². The predicted molar refractivity (Wildman–Crippen MR) is 99.1 cm³/mol. The van der Waals surface area contributed by atoms with E-state index < -0.39 is 0 Å². The van der Waals surface area contributed by atoms with E-state index in [1.165, 1.54) is 0 Å². The highest BCUT2D eigenvalue weighted by atomic mass is 35.5. The van der Waals surface area contributed by atoms with Crippen LogP contribution in [0.1, 0.15) is 5.69 Å². The van der Waals surface area contributed by atoms with Gasteiger partial charge in [0, 0.05) is 37.4 Å². The molecule has 1 aromatic carbocycles. The fourth-order valence-corrected chi connectivity index (χ4v) is 3.28. The van der Waals surface area contributed by atoms with Crippen LogP contribution in [0.5, 0.6) is 0 Å². The van der Waals surface area contributed by atoms with Crippen LogP contribution < -0.4 is 4.90 Å². The summed E-state index contributed by atoms with van der Waals surface area (Å²) in [7, 11) is 0. The van der Waals surface area contributed by atoms with Crippen LogP contribution in [-0.4, -0.2) is 48.6 Å². The molecule has 0 radical (unpaired) electrons. The van der Waals surface area contributed by atoms with E-state index in [9.17, 15) is 4.79 Å². The van der Waals surface area contributed by atoms with Crippen LogP contribution in [0, 0.1) is 0 Å². The standard InChI is InChI=1S/C18H19Cl2N3O2/c19-14-4-5-17(16(20)11-14)22-7-9-23(10-8-22)18(24)13-25-12-15-3-1-2-6-21-15/h1-6,11H,7-10,12-13H2. The van der Waals surface area contributed by atoms with Crippen molar-refractivity contribution >= 4 is 34.8 Å². The van der Waals surface area contributed by atoms with Crippen LogP contribution in [-0.2, 0) is 16.1 Å². The first-order valence-corrected chi connectivity index (χ1v) is 8.84. The number of rotatable bonds is 5. The van der Waals surface area contributed by atoms with Crippen LogP contribution >= 0.6 is 23.2 Å². The van der Waals surface area contributed by atoms with Crippen molar-refractivity contribution in [3.8, 4) is 0 Å². The van der Waals surface area contributed by atoms with Crippen LogP contribution in [0.4, 0.5) is 5.69 Å². The number of pyridine rings is 1. The number of halogens is 2. The monoisotopic (exact) mass is 379 g/mol. The summed E-state index contributed by atoms with van der Waals surface area (Å²) in [6, 6.07) is 11.1. The summed E-state index contributed by atoms with van der Waals surface area (Å²) in [6.07, 6.45) is 1.71. The SMILES string of the molecule is O=C(COCc1ccccn1)N1CCN(c2ccc(Cl)cc2Cl)CC1. The highest BCUT2D eigenvalue weighted by Crippen LogP contribution is 2.29. The zero-order valence-electron chi connectivity index (χ0n) is 13.7. The van der Waals surface area contributed by atoms with E-state index in [1.807, 2.05) is 35.2 Å². The maximum Gasteiger partial charge on any atom is 0.248 e. The molecule has 0 unspecified atom stereocenters. The van der Waals surface area contributed by atoms with E-state index >= 15 is 0 Å². The summed E-state index contributed by atoms with van der Waals surface area (Å²) in [5.41, 5.74) is 1.77. The van der Waals surface area contributed by atoms with Crippen LogP contribution in [0.15, 0.2) is 42.6 Å². The molecule has 1 aliphatic rings. The van der Waals surface area contributed by atoms with Gasteiger partial charge >= 0.3 is 0 Å². The second-order valence-electron chi connectivity index (χ2n) is 5.78. The molecule has 0 aliphatic carbocycles. The largest absolute Gasteiger partial charge is 0.367 e. The molecule has 2 aromatic rings. The summed E-state index contributed by atoms with van der Waals surface area (Å²) >= 11 is 12.2. The number of nitrogens with zero attached hydrogens (tertiary/aromatic N) is 3. The second-order valence-corrected chi connectivity index (χ2v) is 6.62. The highest BCUT2D eigenvalue weighted by molar-refractivity contribution is 6.36. The Morgan fingerprint density at radius 2 is 1.92 bits per heavy atom. The van der Waals surface area contributed by atoms with Crippen molar-refractivity contribution in [2.75, 3.05) is 37.7 Å². The van der Waals surface area contributed by atoms with Gasteiger partial charge in [-0.15, -0.1) is 0 Å². The highest BCUT2D eigenvalue weighted by Gasteiger charge is 2.22. The molecule has 1 aliphatic heterocycles. The summed E-state index contributed by atoms with van der Waals surface area (Å²) in [5.74, 6) is -0.00205. The predicted octanol–water partition coefficient (Wildman–Crippen LogP) is 3.25. The van der Waals surface area contributed by atoms with E-state index in [-0.39, 0.29) is 12.5 Å². The maximum atomic E-state index is 12.3. The Morgan fingerprint density at radius 1 is 1.12 bits per heavy atom. The second kappa shape index (κ2) is 8.52. The normalized spacial score (nSPS) is 14.6. The minimum Gasteiger partial charge on any atom is -0.367 e. The fraction of sp³-hybridized carbons (Fsp3) is 0.333. The molecule has 3 rings (SSSR count). The number of hydrogen-bond donors (Lipinski definition) is 0. The summed E-state index contributed by atoms with van der Waals surface area (Å²) in [4.78, 5) is 20.4. The molecule has 0 spiro atoms. The lowest BCUT2D eigenvalue weighted by Crippen LogP contribution is -2.49. The van der Waals surface area contributed by atoms with Crippen molar-refractivity contribution in [2.24, 2.45) is 0 Å². The number of carbonyl (C=O) groups excluding carboxylic acids is 1.